The van der Waals surface area contributed by atoms with Crippen LogP contribution in [0.3, 0.4) is 0 Å². The number of nitrogens with one attached hydrogen (secondary N) is 1. The predicted octanol–water partition coefficient (Wildman–Crippen LogP) is 2.96. The molecule has 1 fully saturated rings. The van der Waals surface area contributed by atoms with Gasteiger partial charge in [0.05, 0.1) is 6.20 Å². The average Bonchev–Trinajstić information content (AvgIpc) is 2.94. The van der Waals surface area contributed by atoms with Gasteiger partial charge in [0.15, 0.2) is 11.6 Å². The highest BCUT2D eigenvalue weighted by Crippen LogP contribution is 2.34. The van der Waals surface area contributed by atoms with Crippen LogP contribution in [-0.2, 0) is 0 Å². The Kier molecular flexibility index (Phi) is 2.84. The zero-order chi connectivity index (χ0) is 10.8. The van der Waals surface area contributed by atoms with Crippen LogP contribution in [0.1, 0.15) is 26.2 Å². The highest BCUT2D eigenvalue weighted by atomic mass is 19.1. The minimum atomic E-state index is -0.645. The van der Waals surface area contributed by atoms with Gasteiger partial charge in [0, 0.05) is 12.1 Å². The summed E-state index contributed by atoms with van der Waals surface area (Å²) in [5.74, 6) is -0.355. The van der Waals surface area contributed by atoms with Crippen LogP contribution in [0, 0.1) is 17.6 Å². The Balaban J connectivity index is 1.96. The molecule has 0 radical (unpaired) electrons. The molecule has 1 atom stereocenters. The average molecular weight is 212 g/mol. The van der Waals surface area contributed by atoms with Crippen LogP contribution in [0.5, 0.6) is 0 Å². The molecule has 0 spiro atoms. The minimum absolute atomic E-state index is 0.143. The second-order valence-corrected chi connectivity index (χ2v) is 4.21. The Morgan fingerprint density at radius 1 is 1.53 bits per heavy atom. The molecule has 15 heavy (non-hydrogen) atoms. The minimum Gasteiger partial charge on any atom is -0.365 e. The van der Waals surface area contributed by atoms with Crippen LogP contribution in [-0.4, -0.2) is 11.0 Å². The van der Waals surface area contributed by atoms with Gasteiger partial charge < -0.3 is 5.32 Å². The quantitative estimate of drug-likeness (QED) is 0.830. The van der Waals surface area contributed by atoms with Crippen molar-refractivity contribution < 1.29 is 8.78 Å². The number of halogens is 2. The topological polar surface area (TPSA) is 24.9 Å². The maximum Gasteiger partial charge on any atom is 0.168 e. The van der Waals surface area contributed by atoms with Gasteiger partial charge in [-0.05, 0) is 19.3 Å². The normalized spacial score (nSPS) is 17.5. The van der Waals surface area contributed by atoms with Crippen molar-refractivity contribution in [3.05, 3.63) is 23.9 Å². The third-order valence-corrected chi connectivity index (χ3v) is 2.57. The van der Waals surface area contributed by atoms with Crippen molar-refractivity contribution in [2.45, 2.75) is 32.2 Å². The molecule has 0 aromatic carbocycles. The number of hydrogen-bond donors (Lipinski definition) is 1. The van der Waals surface area contributed by atoms with Gasteiger partial charge in [-0.15, -0.1) is 0 Å². The van der Waals surface area contributed by atoms with Crippen molar-refractivity contribution in [2.75, 3.05) is 5.32 Å². The molecule has 0 amide bonds. The molecule has 1 saturated carbocycles. The van der Waals surface area contributed by atoms with Gasteiger partial charge >= 0.3 is 0 Å². The maximum absolute atomic E-state index is 13.2. The SMILES string of the molecule is CC(CC1CC1)Nc1ncc(F)cc1F. The van der Waals surface area contributed by atoms with Crippen molar-refractivity contribution in [1.82, 2.24) is 4.98 Å². The fraction of sp³-hybridized carbons (Fsp3) is 0.545. The van der Waals surface area contributed by atoms with Gasteiger partial charge in [-0.25, -0.2) is 13.8 Å². The Morgan fingerprint density at radius 3 is 2.87 bits per heavy atom. The van der Waals surface area contributed by atoms with E-state index < -0.39 is 11.6 Å². The first-order valence-electron chi connectivity index (χ1n) is 5.22. The lowest BCUT2D eigenvalue weighted by Gasteiger charge is -2.14. The summed E-state index contributed by atoms with van der Waals surface area (Å²) in [7, 11) is 0. The maximum atomic E-state index is 13.2. The van der Waals surface area contributed by atoms with E-state index in [0.29, 0.717) is 0 Å². The molecule has 1 heterocycles. The molecule has 82 valence electrons. The number of nitrogens with zero attached hydrogens (tertiary/aromatic N) is 1. The molecule has 0 aliphatic heterocycles. The fourth-order valence-electron chi connectivity index (χ4n) is 1.67. The second kappa shape index (κ2) is 4.13. The Hall–Kier alpha value is -1.19. The largest absolute Gasteiger partial charge is 0.365 e. The van der Waals surface area contributed by atoms with Crippen molar-refractivity contribution in [3.63, 3.8) is 0 Å². The number of aromatic nitrogens is 1. The van der Waals surface area contributed by atoms with E-state index in [9.17, 15) is 8.78 Å². The summed E-state index contributed by atoms with van der Waals surface area (Å²) in [5, 5.41) is 2.96. The lowest BCUT2D eigenvalue weighted by atomic mass is 10.1. The first kappa shape index (κ1) is 10.3. The summed E-state index contributed by atoms with van der Waals surface area (Å²) in [6, 6.07) is 1.03. The van der Waals surface area contributed by atoms with E-state index in [1.165, 1.54) is 12.8 Å². The van der Waals surface area contributed by atoms with Crippen LogP contribution < -0.4 is 5.32 Å². The van der Waals surface area contributed by atoms with Crippen LogP contribution >= 0.6 is 0 Å². The van der Waals surface area contributed by atoms with Crippen molar-refractivity contribution in [3.8, 4) is 0 Å². The number of rotatable bonds is 4. The van der Waals surface area contributed by atoms with Gasteiger partial charge in [-0.1, -0.05) is 12.8 Å². The zero-order valence-electron chi connectivity index (χ0n) is 8.63. The van der Waals surface area contributed by atoms with E-state index in [4.69, 9.17) is 0 Å². The van der Waals surface area contributed by atoms with Gasteiger partial charge in [0.2, 0.25) is 0 Å². The Bertz CT molecular complexity index is 350. The van der Waals surface area contributed by atoms with Crippen LogP contribution in [0.2, 0.25) is 0 Å². The molecule has 4 heteroatoms. The van der Waals surface area contributed by atoms with Crippen LogP contribution in [0.15, 0.2) is 12.3 Å². The van der Waals surface area contributed by atoms with Crippen molar-refractivity contribution in [1.29, 1.82) is 0 Å². The predicted molar refractivity (Wildman–Crippen MR) is 54.6 cm³/mol. The highest BCUT2D eigenvalue weighted by molar-refractivity contribution is 5.36. The summed E-state index contributed by atoms with van der Waals surface area (Å²) >= 11 is 0. The second-order valence-electron chi connectivity index (χ2n) is 4.21. The molecule has 2 nitrogen and oxygen atoms in total. The molecule has 2 rings (SSSR count). The van der Waals surface area contributed by atoms with E-state index in [2.05, 4.69) is 10.3 Å². The molecule has 1 aromatic heterocycles. The van der Waals surface area contributed by atoms with E-state index in [1.54, 1.807) is 0 Å². The molecule has 1 aromatic rings. The van der Waals surface area contributed by atoms with E-state index >= 15 is 0 Å². The summed E-state index contributed by atoms with van der Waals surface area (Å²) in [5.41, 5.74) is 0. The smallest absolute Gasteiger partial charge is 0.168 e. The lowest BCUT2D eigenvalue weighted by molar-refractivity contribution is 0.568. The summed E-state index contributed by atoms with van der Waals surface area (Å²) < 4.78 is 25.8. The number of pyridine rings is 1. The third-order valence-electron chi connectivity index (χ3n) is 2.57. The van der Waals surface area contributed by atoms with Crippen LogP contribution in [0.25, 0.3) is 0 Å². The van der Waals surface area contributed by atoms with Gasteiger partial charge in [0.1, 0.15) is 5.82 Å². The first-order chi connectivity index (χ1) is 7.15. The molecule has 0 saturated heterocycles. The molecule has 1 unspecified atom stereocenters. The summed E-state index contributed by atoms with van der Waals surface area (Å²) in [6.07, 6.45) is 4.59. The molecular formula is C11H14F2N2. The summed E-state index contributed by atoms with van der Waals surface area (Å²) in [6.45, 7) is 1.99. The number of hydrogen-bond acceptors (Lipinski definition) is 2. The monoisotopic (exact) mass is 212 g/mol. The fourth-order valence-corrected chi connectivity index (χ4v) is 1.67. The van der Waals surface area contributed by atoms with Gasteiger partial charge in [-0.3, -0.25) is 0 Å². The molecule has 0 bridgehead atoms. The Labute approximate surface area is 87.7 Å². The summed E-state index contributed by atoms with van der Waals surface area (Å²) in [4.78, 5) is 3.68. The molecular weight excluding hydrogens is 198 g/mol. The van der Waals surface area contributed by atoms with E-state index in [-0.39, 0.29) is 11.9 Å². The third kappa shape index (κ3) is 2.88. The first-order valence-corrected chi connectivity index (χ1v) is 5.22. The standard InChI is InChI=1S/C11H14F2N2/c1-7(4-8-2-3-8)15-11-10(13)5-9(12)6-14-11/h5-8H,2-4H2,1H3,(H,14,15). The Morgan fingerprint density at radius 2 is 2.27 bits per heavy atom. The molecule has 1 N–H and O–H groups in total. The van der Waals surface area contributed by atoms with E-state index in [1.807, 2.05) is 6.92 Å². The molecule has 1 aliphatic rings. The number of anilines is 1. The zero-order valence-corrected chi connectivity index (χ0v) is 8.63. The van der Waals surface area contributed by atoms with Gasteiger partial charge in [-0.2, -0.15) is 0 Å². The van der Waals surface area contributed by atoms with Gasteiger partial charge in [0.25, 0.3) is 0 Å². The van der Waals surface area contributed by atoms with Crippen molar-refractivity contribution in [2.24, 2.45) is 5.92 Å². The van der Waals surface area contributed by atoms with E-state index in [0.717, 1.165) is 24.6 Å². The lowest BCUT2D eigenvalue weighted by Crippen LogP contribution is -2.17. The van der Waals surface area contributed by atoms with Crippen molar-refractivity contribution >= 4 is 5.82 Å². The van der Waals surface area contributed by atoms with Crippen LogP contribution in [0.4, 0.5) is 14.6 Å². The highest BCUT2D eigenvalue weighted by Gasteiger charge is 2.23. The molecule has 1 aliphatic carbocycles.